The molecule has 1 N–H and O–H groups in total. The third-order valence-electron chi connectivity index (χ3n) is 4.52. The third-order valence-corrected chi connectivity index (χ3v) is 4.83. The van der Waals surface area contributed by atoms with Gasteiger partial charge in [0.2, 0.25) is 0 Å². The van der Waals surface area contributed by atoms with Gasteiger partial charge in [0.1, 0.15) is 5.75 Å². The van der Waals surface area contributed by atoms with Crippen LogP contribution in [0.15, 0.2) is 78.9 Å². The Morgan fingerprint density at radius 2 is 1.70 bits per heavy atom. The van der Waals surface area contributed by atoms with Gasteiger partial charge in [-0.05, 0) is 56.3 Å². The number of ether oxygens (including phenoxy) is 1. The predicted molar refractivity (Wildman–Crippen MR) is 120 cm³/mol. The number of halogens is 1. The summed E-state index contributed by atoms with van der Waals surface area (Å²) in [6.07, 6.45) is -0.763. The van der Waals surface area contributed by atoms with Gasteiger partial charge in [0.15, 0.2) is 6.10 Å². The van der Waals surface area contributed by atoms with Crippen molar-refractivity contribution in [3.8, 4) is 5.75 Å². The molecule has 0 saturated heterocycles. The summed E-state index contributed by atoms with van der Waals surface area (Å²) in [7, 11) is 0. The van der Waals surface area contributed by atoms with Crippen LogP contribution in [0, 0.1) is 0 Å². The SMILES string of the molecule is CCN(C(=O)c1cccc(NC(=O)C(C)Oc2ccccc2Cl)c1)c1ccccc1. The Morgan fingerprint density at radius 1 is 1.00 bits per heavy atom. The Hall–Kier alpha value is -3.31. The Morgan fingerprint density at radius 3 is 2.40 bits per heavy atom. The van der Waals surface area contributed by atoms with Crippen LogP contribution < -0.4 is 15.0 Å². The average molecular weight is 423 g/mol. The maximum Gasteiger partial charge on any atom is 0.265 e. The maximum atomic E-state index is 13.0. The lowest BCUT2D eigenvalue weighted by atomic mass is 10.1. The molecule has 3 rings (SSSR count). The van der Waals surface area contributed by atoms with Gasteiger partial charge in [-0.15, -0.1) is 0 Å². The van der Waals surface area contributed by atoms with Crippen molar-refractivity contribution in [2.45, 2.75) is 20.0 Å². The molecule has 3 aromatic carbocycles. The van der Waals surface area contributed by atoms with Crippen molar-refractivity contribution in [3.05, 3.63) is 89.4 Å². The molecular weight excluding hydrogens is 400 g/mol. The van der Waals surface area contributed by atoms with Crippen molar-refractivity contribution in [1.82, 2.24) is 0 Å². The van der Waals surface area contributed by atoms with Gasteiger partial charge in [0.25, 0.3) is 11.8 Å². The van der Waals surface area contributed by atoms with Crippen LogP contribution in [0.25, 0.3) is 0 Å². The van der Waals surface area contributed by atoms with Crippen LogP contribution >= 0.6 is 11.6 Å². The summed E-state index contributed by atoms with van der Waals surface area (Å²) in [4.78, 5) is 27.2. The van der Waals surface area contributed by atoms with Crippen LogP contribution in [0.2, 0.25) is 5.02 Å². The summed E-state index contributed by atoms with van der Waals surface area (Å²) in [6, 6.07) is 23.3. The molecule has 3 aromatic rings. The summed E-state index contributed by atoms with van der Waals surface area (Å²) in [5.74, 6) is -0.0396. The lowest BCUT2D eigenvalue weighted by Crippen LogP contribution is -2.31. The molecule has 0 aliphatic rings. The molecule has 0 fully saturated rings. The van der Waals surface area contributed by atoms with Gasteiger partial charge in [-0.25, -0.2) is 0 Å². The zero-order valence-electron chi connectivity index (χ0n) is 16.8. The molecule has 6 heteroatoms. The van der Waals surface area contributed by atoms with Gasteiger partial charge in [-0.1, -0.05) is 48.0 Å². The molecule has 0 spiro atoms. The number of carbonyl (C=O) groups is 2. The summed E-state index contributed by atoms with van der Waals surface area (Å²) in [5, 5.41) is 3.23. The van der Waals surface area contributed by atoms with Gasteiger partial charge in [0.05, 0.1) is 5.02 Å². The van der Waals surface area contributed by atoms with E-state index >= 15 is 0 Å². The standard InChI is InChI=1S/C24H23ClN2O3/c1-3-27(20-12-5-4-6-13-20)24(29)18-10-9-11-19(16-18)26-23(28)17(2)30-22-15-8-7-14-21(22)25/h4-17H,3H2,1-2H3,(H,26,28). The van der Waals surface area contributed by atoms with E-state index in [1.165, 1.54) is 0 Å². The molecule has 0 aromatic heterocycles. The predicted octanol–water partition coefficient (Wildman–Crippen LogP) is 5.41. The fourth-order valence-corrected chi connectivity index (χ4v) is 3.15. The molecule has 0 radical (unpaired) electrons. The fourth-order valence-electron chi connectivity index (χ4n) is 2.97. The molecule has 0 saturated carbocycles. The monoisotopic (exact) mass is 422 g/mol. The fraction of sp³-hybridized carbons (Fsp3) is 0.167. The minimum atomic E-state index is -0.763. The first-order valence-corrected chi connectivity index (χ1v) is 10.1. The van der Waals surface area contributed by atoms with Gasteiger partial charge in [-0.3, -0.25) is 9.59 Å². The van der Waals surface area contributed by atoms with Gasteiger partial charge < -0.3 is 15.0 Å². The maximum absolute atomic E-state index is 13.0. The van der Waals surface area contributed by atoms with Crippen molar-refractivity contribution in [2.24, 2.45) is 0 Å². The van der Waals surface area contributed by atoms with Crippen molar-refractivity contribution in [1.29, 1.82) is 0 Å². The second-order valence-corrected chi connectivity index (χ2v) is 7.05. The van der Waals surface area contributed by atoms with Crippen molar-refractivity contribution >= 4 is 34.8 Å². The number of nitrogens with one attached hydrogen (secondary N) is 1. The molecule has 1 atom stereocenters. The first kappa shape index (κ1) is 21.4. The normalized spacial score (nSPS) is 11.4. The second kappa shape index (κ2) is 9.94. The van der Waals surface area contributed by atoms with Crippen LogP contribution in [-0.2, 0) is 4.79 Å². The van der Waals surface area contributed by atoms with Crippen LogP contribution in [-0.4, -0.2) is 24.5 Å². The largest absolute Gasteiger partial charge is 0.479 e. The Balaban J connectivity index is 1.71. The van der Waals surface area contributed by atoms with Crippen LogP contribution in [0.3, 0.4) is 0 Å². The topological polar surface area (TPSA) is 58.6 Å². The molecule has 1 unspecified atom stereocenters. The van der Waals surface area contributed by atoms with E-state index in [1.54, 1.807) is 60.4 Å². The van der Waals surface area contributed by atoms with Gasteiger partial charge >= 0.3 is 0 Å². The minimum absolute atomic E-state index is 0.139. The first-order valence-electron chi connectivity index (χ1n) is 9.68. The second-order valence-electron chi connectivity index (χ2n) is 6.65. The number of hydrogen-bond acceptors (Lipinski definition) is 3. The van der Waals surface area contributed by atoms with Crippen molar-refractivity contribution in [3.63, 3.8) is 0 Å². The molecule has 30 heavy (non-hydrogen) atoms. The van der Waals surface area contributed by atoms with Crippen LogP contribution in [0.5, 0.6) is 5.75 Å². The Labute approximate surface area is 181 Å². The molecule has 0 aliphatic heterocycles. The zero-order valence-corrected chi connectivity index (χ0v) is 17.6. The number of rotatable bonds is 7. The molecule has 154 valence electrons. The number of para-hydroxylation sites is 2. The lowest BCUT2D eigenvalue weighted by Gasteiger charge is -2.21. The highest BCUT2D eigenvalue weighted by atomic mass is 35.5. The van der Waals surface area contributed by atoms with E-state index in [-0.39, 0.29) is 11.8 Å². The summed E-state index contributed by atoms with van der Waals surface area (Å²) in [6.45, 7) is 4.09. The molecule has 0 heterocycles. The van der Waals surface area contributed by atoms with Crippen LogP contribution in [0.4, 0.5) is 11.4 Å². The average Bonchev–Trinajstić information content (AvgIpc) is 2.76. The minimum Gasteiger partial charge on any atom is -0.479 e. The number of anilines is 2. The van der Waals surface area contributed by atoms with E-state index in [1.807, 2.05) is 37.3 Å². The highest BCUT2D eigenvalue weighted by molar-refractivity contribution is 6.32. The highest BCUT2D eigenvalue weighted by Crippen LogP contribution is 2.24. The van der Waals surface area contributed by atoms with E-state index in [9.17, 15) is 9.59 Å². The van der Waals surface area contributed by atoms with Crippen LogP contribution in [0.1, 0.15) is 24.2 Å². The van der Waals surface area contributed by atoms with E-state index in [2.05, 4.69) is 5.32 Å². The van der Waals surface area contributed by atoms with Gasteiger partial charge in [0, 0.05) is 23.5 Å². The Kier molecular flexibility index (Phi) is 7.09. The van der Waals surface area contributed by atoms with E-state index in [0.29, 0.717) is 28.6 Å². The van der Waals surface area contributed by atoms with E-state index in [4.69, 9.17) is 16.3 Å². The molecule has 0 aliphatic carbocycles. The zero-order chi connectivity index (χ0) is 21.5. The quantitative estimate of drug-likeness (QED) is 0.553. The van der Waals surface area contributed by atoms with E-state index in [0.717, 1.165) is 5.69 Å². The summed E-state index contributed by atoms with van der Waals surface area (Å²) >= 11 is 6.08. The van der Waals surface area contributed by atoms with Crippen molar-refractivity contribution in [2.75, 3.05) is 16.8 Å². The molecule has 5 nitrogen and oxygen atoms in total. The molecule has 2 amide bonds. The highest BCUT2D eigenvalue weighted by Gasteiger charge is 2.19. The smallest absolute Gasteiger partial charge is 0.265 e. The third kappa shape index (κ3) is 5.19. The lowest BCUT2D eigenvalue weighted by molar-refractivity contribution is -0.122. The number of hydrogen-bond donors (Lipinski definition) is 1. The number of carbonyl (C=O) groups excluding carboxylic acids is 2. The number of nitrogens with zero attached hydrogens (tertiary/aromatic N) is 1. The molecular formula is C24H23ClN2O3. The van der Waals surface area contributed by atoms with Crippen molar-refractivity contribution < 1.29 is 14.3 Å². The summed E-state index contributed by atoms with van der Waals surface area (Å²) < 4.78 is 5.65. The first-order chi connectivity index (χ1) is 14.5. The number of amides is 2. The summed E-state index contributed by atoms with van der Waals surface area (Å²) in [5.41, 5.74) is 1.82. The van der Waals surface area contributed by atoms with E-state index < -0.39 is 6.10 Å². The number of benzene rings is 3. The van der Waals surface area contributed by atoms with Gasteiger partial charge in [-0.2, -0.15) is 0 Å². The molecule has 0 bridgehead atoms. The Bertz CT molecular complexity index is 1020.